The number of likely N-dealkylation sites (tertiary alicyclic amines) is 1. The van der Waals surface area contributed by atoms with E-state index >= 15 is 0 Å². The van der Waals surface area contributed by atoms with E-state index < -0.39 is 5.97 Å². The molecule has 1 unspecified atom stereocenters. The predicted octanol–water partition coefficient (Wildman–Crippen LogP) is 3.90. The number of aryl methyl sites for hydroxylation is 1. The fraction of sp³-hybridized carbons (Fsp3) is 0.381. The summed E-state index contributed by atoms with van der Waals surface area (Å²) in [7, 11) is 0. The summed E-state index contributed by atoms with van der Waals surface area (Å²) in [6.07, 6.45) is 5.91. The Morgan fingerprint density at radius 1 is 1.32 bits per heavy atom. The first-order chi connectivity index (χ1) is 13.5. The minimum absolute atomic E-state index is 0.00409. The van der Waals surface area contributed by atoms with Gasteiger partial charge < -0.3 is 14.7 Å². The van der Waals surface area contributed by atoms with Crippen molar-refractivity contribution >= 4 is 29.3 Å². The number of nitrogens with zero attached hydrogens (tertiary/aromatic N) is 2. The second kappa shape index (κ2) is 9.50. The average Bonchev–Trinajstić information content (AvgIpc) is 3.10. The largest absolute Gasteiger partial charge is 0.487 e. The molecule has 1 saturated heterocycles. The molecule has 1 atom stereocenters. The summed E-state index contributed by atoms with van der Waals surface area (Å²) in [6.45, 7) is 3.01. The number of amides is 1. The molecule has 1 aliphatic heterocycles. The van der Waals surface area contributed by atoms with Gasteiger partial charge in [-0.3, -0.25) is 9.59 Å². The highest BCUT2D eigenvalue weighted by molar-refractivity contribution is 7.09. The van der Waals surface area contributed by atoms with Crippen LogP contribution in [-0.2, 0) is 16.2 Å². The molecule has 1 aromatic carbocycles. The number of carbonyl (C=O) groups is 2. The van der Waals surface area contributed by atoms with Gasteiger partial charge >= 0.3 is 5.97 Å². The lowest BCUT2D eigenvalue weighted by molar-refractivity contribution is -0.140. The van der Waals surface area contributed by atoms with E-state index in [4.69, 9.17) is 9.84 Å². The number of carboxylic acid groups (broad SMARTS) is 1. The maximum Gasteiger partial charge on any atom is 0.305 e. The highest BCUT2D eigenvalue weighted by Crippen LogP contribution is 2.21. The zero-order valence-corrected chi connectivity index (χ0v) is 16.7. The first kappa shape index (κ1) is 20.1. The molecule has 0 saturated carbocycles. The van der Waals surface area contributed by atoms with Gasteiger partial charge in [0.15, 0.2) is 0 Å². The number of thiazole rings is 1. The van der Waals surface area contributed by atoms with Crippen molar-refractivity contribution in [1.29, 1.82) is 0 Å². The normalized spacial score (nSPS) is 17.0. The van der Waals surface area contributed by atoms with Gasteiger partial charge in [0.05, 0.1) is 17.1 Å². The van der Waals surface area contributed by atoms with Crippen molar-refractivity contribution in [2.45, 2.75) is 45.3 Å². The molecular formula is C21H24N2O4S. The number of carboxylic acids is 1. The van der Waals surface area contributed by atoms with E-state index in [0.717, 1.165) is 41.3 Å². The van der Waals surface area contributed by atoms with Gasteiger partial charge in [0.1, 0.15) is 12.4 Å². The summed E-state index contributed by atoms with van der Waals surface area (Å²) in [5, 5.41) is 12.0. The molecule has 1 amide bonds. The van der Waals surface area contributed by atoms with E-state index in [1.807, 2.05) is 36.6 Å². The molecule has 1 N–H and O–H groups in total. The quantitative estimate of drug-likeness (QED) is 0.713. The molecule has 2 aromatic rings. The van der Waals surface area contributed by atoms with Gasteiger partial charge in [-0.05, 0) is 50.0 Å². The maximum absolute atomic E-state index is 12.5. The Bertz CT molecular complexity index is 844. The van der Waals surface area contributed by atoms with Gasteiger partial charge in [-0.25, -0.2) is 4.98 Å². The van der Waals surface area contributed by atoms with Crippen LogP contribution in [0.5, 0.6) is 5.75 Å². The van der Waals surface area contributed by atoms with Crippen molar-refractivity contribution in [3.63, 3.8) is 0 Å². The summed E-state index contributed by atoms with van der Waals surface area (Å²) >= 11 is 1.60. The van der Waals surface area contributed by atoms with Gasteiger partial charge in [0.2, 0.25) is 5.91 Å². The Kier molecular flexibility index (Phi) is 6.81. The molecule has 6 nitrogen and oxygen atoms in total. The molecule has 2 heterocycles. The fourth-order valence-electron chi connectivity index (χ4n) is 3.27. The van der Waals surface area contributed by atoms with Gasteiger partial charge in [-0.15, -0.1) is 11.3 Å². The molecule has 1 fully saturated rings. The van der Waals surface area contributed by atoms with E-state index in [9.17, 15) is 9.59 Å². The molecule has 1 aliphatic rings. The minimum Gasteiger partial charge on any atom is -0.487 e. The van der Waals surface area contributed by atoms with Crippen LogP contribution in [0.25, 0.3) is 6.08 Å². The second-order valence-corrected chi connectivity index (χ2v) is 7.89. The van der Waals surface area contributed by atoms with Crippen LogP contribution in [0.15, 0.2) is 35.7 Å². The molecule has 0 aliphatic carbocycles. The van der Waals surface area contributed by atoms with Crippen LogP contribution in [0, 0.1) is 6.92 Å². The van der Waals surface area contributed by atoms with Crippen molar-refractivity contribution in [2.24, 2.45) is 0 Å². The SMILES string of the molecule is Cc1nc(COc2ccc(C=CC(=O)N3CCCCC3CC(=O)O)cc2)cs1. The molecule has 0 radical (unpaired) electrons. The second-order valence-electron chi connectivity index (χ2n) is 6.83. The first-order valence-corrected chi connectivity index (χ1v) is 10.2. The third-order valence-electron chi connectivity index (χ3n) is 4.67. The van der Waals surface area contributed by atoms with Crippen LogP contribution in [0.3, 0.4) is 0 Å². The lowest BCUT2D eigenvalue weighted by Gasteiger charge is -2.34. The smallest absolute Gasteiger partial charge is 0.305 e. The molecule has 0 spiro atoms. The third-order valence-corrected chi connectivity index (χ3v) is 5.49. The molecule has 7 heteroatoms. The lowest BCUT2D eigenvalue weighted by Crippen LogP contribution is -2.44. The topological polar surface area (TPSA) is 79.7 Å². The van der Waals surface area contributed by atoms with E-state index in [1.54, 1.807) is 22.3 Å². The van der Waals surface area contributed by atoms with Crippen molar-refractivity contribution < 1.29 is 19.4 Å². The number of rotatable bonds is 7. The van der Waals surface area contributed by atoms with Gasteiger partial charge in [-0.1, -0.05) is 12.1 Å². The number of piperidine rings is 1. The fourth-order valence-corrected chi connectivity index (χ4v) is 3.87. The van der Waals surface area contributed by atoms with E-state index in [1.165, 1.54) is 6.08 Å². The van der Waals surface area contributed by atoms with Crippen LogP contribution in [0.1, 0.15) is 41.9 Å². The summed E-state index contributed by atoms with van der Waals surface area (Å²) in [4.78, 5) is 29.6. The molecule has 28 heavy (non-hydrogen) atoms. The maximum atomic E-state index is 12.5. The van der Waals surface area contributed by atoms with Crippen molar-refractivity contribution in [3.8, 4) is 5.75 Å². The summed E-state index contributed by atoms with van der Waals surface area (Å²) < 4.78 is 5.72. The highest BCUT2D eigenvalue weighted by Gasteiger charge is 2.27. The van der Waals surface area contributed by atoms with E-state index in [2.05, 4.69) is 4.98 Å². The lowest BCUT2D eigenvalue weighted by atomic mass is 9.99. The van der Waals surface area contributed by atoms with Crippen LogP contribution in [0.4, 0.5) is 0 Å². The number of aliphatic carboxylic acids is 1. The van der Waals surface area contributed by atoms with Crippen LogP contribution in [0.2, 0.25) is 0 Å². The molecule has 1 aromatic heterocycles. The number of benzene rings is 1. The molecule has 3 rings (SSSR count). The van der Waals surface area contributed by atoms with Crippen molar-refractivity contribution in [3.05, 3.63) is 52.0 Å². The zero-order chi connectivity index (χ0) is 19.9. The van der Waals surface area contributed by atoms with Gasteiger partial charge in [0, 0.05) is 24.0 Å². The van der Waals surface area contributed by atoms with Crippen molar-refractivity contribution in [2.75, 3.05) is 6.54 Å². The summed E-state index contributed by atoms with van der Waals surface area (Å²) in [6, 6.07) is 7.27. The summed E-state index contributed by atoms with van der Waals surface area (Å²) in [5.41, 5.74) is 1.80. The minimum atomic E-state index is -0.864. The number of aromatic nitrogens is 1. The Morgan fingerprint density at radius 3 is 2.79 bits per heavy atom. The van der Waals surface area contributed by atoms with E-state index in [0.29, 0.717) is 13.2 Å². The third kappa shape index (κ3) is 5.66. The highest BCUT2D eigenvalue weighted by atomic mass is 32.1. The zero-order valence-electron chi connectivity index (χ0n) is 15.8. The first-order valence-electron chi connectivity index (χ1n) is 9.35. The van der Waals surface area contributed by atoms with Crippen LogP contribution in [-0.4, -0.2) is 39.5 Å². The standard InChI is InChI=1S/C21H24N2O4S/c1-15-22-17(14-28-15)13-27-19-8-5-16(6-9-19)7-10-20(24)23-11-3-2-4-18(23)12-21(25)26/h5-10,14,18H,2-4,11-13H2,1H3,(H,25,26). The monoisotopic (exact) mass is 400 g/mol. The Hall–Kier alpha value is -2.67. The summed E-state index contributed by atoms with van der Waals surface area (Å²) in [5.74, 6) is -0.256. The average molecular weight is 401 g/mol. The number of hydrogen-bond donors (Lipinski definition) is 1. The van der Waals surface area contributed by atoms with Gasteiger partial charge in [-0.2, -0.15) is 0 Å². The van der Waals surface area contributed by atoms with Gasteiger partial charge in [0.25, 0.3) is 0 Å². The molecule has 148 valence electrons. The number of hydrogen-bond acceptors (Lipinski definition) is 5. The molecule has 0 bridgehead atoms. The Balaban J connectivity index is 1.55. The predicted molar refractivity (Wildman–Crippen MR) is 108 cm³/mol. The number of ether oxygens (including phenoxy) is 1. The van der Waals surface area contributed by atoms with Crippen molar-refractivity contribution in [1.82, 2.24) is 9.88 Å². The van der Waals surface area contributed by atoms with Crippen LogP contribution < -0.4 is 4.74 Å². The number of carbonyl (C=O) groups excluding carboxylic acids is 1. The molecular weight excluding hydrogens is 376 g/mol. The van der Waals surface area contributed by atoms with Crippen LogP contribution >= 0.6 is 11.3 Å². The Labute approximate surface area is 168 Å². The van der Waals surface area contributed by atoms with E-state index in [-0.39, 0.29) is 18.4 Å². The Morgan fingerprint density at radius 2 is 2.11 bits per heavy atom.